The smallest absolute Gasteiger partial charge is 0.261 e. The van der Waals surface area contributed by atoms with Crippen LogP contribution in [0.3, 0.4) is 0 Å². The Balaban J connectivity index is 1.63. The highest BCUT2D eigenvalue weighted by Gasteiger charge is 2.20. The van der Waals surface area contributed by atoms with Gasteiger partial charge < -0.3 is 15.0 Å². The second-order valence-electron chi connectivity index (χ2n) is 5.57. The van der Waals surface area contributed by atoms with Crippen molar-refractivity contribution in [2.45, 2.75) is 26.0 Å². The molecule has 3 rings (SSSR count). The lowest BCUT2D eigenvalue weighted by Crippen LogP contribution is -2.37. The van der Waals surface area contributed by atoms with Crippen molar-refractivity contribution >= 4 is 40.0 Å². The SMILES string of the molecule is CC[C@@H](Oc1ncc(Cl)cc1Cl)C(=O)NCc1ccc2[nH]ccc2c1. The first-order chi connectivity index (χ1) is 12.1. The van der Waals surface area contributed by atoms with Crippen molar-refractivity contribution in [3.63, 3.8) is 0 Å². The molecular formula is C18H17Cl2N3O2. The van der Waals surface area contributed by atoms with Gasteiger partial charge in [0.25, 0.3) is 5.91 Å². The van der Waals surface area contributed by atoms with Crippen LogP contribution in [0.25, 0.3) is 10.9 Å². The molecule has 2 heterocycles. The van der Waals surface area contributed by atoms with Gasteiger partial charge in [0, 0.05) is 24.5 Å². The van der Waals surface area contributed by atoms with Crippen LogP contribution < -0.4 is 10.1 Å². The molecule has 2 N–H and O–H groups in total. The molecule has 0 bridgehead atoms. The summed E-state index contributed by atoms with van der Waals surface area (Å²) in [7, 11) is 0. The van der Waals surface area contributed by atoms with Crippen LogP contribution in [0, 0.1) is 0 Å². The van der Waals surface area contributed by atoms with Gasteiger partial charge in [0.15, 0.2) is 6.10 Å². The predicted molar refractivity (Wildman–Crippen MR) is 99.1 cm³/mol. The number of hydrogen-bond donors (Lipinski definition) is 2. The summed E-state index contributed by atoms with van der Waals surface area (Å²) in [5.74, 6) is -0.0220. The zero-order chi connectivity index (χ0) is 17.8. The number of fused-ring (bicyclic) bond motifs is 1. The van der Waals surface area contributed by atoms with E-state index in [4.69, 9.17) is 27.9 Å². The van der Waals surface area contributed by atoms with Gasteiger partial charge in [-0.15, -0.1) is 0 Å². The third kappa shape index (κ3) is 4.24. The molecule has 2 aromatic heterocycles. The van der Waals surface area contributed by atoms with Crippen molar-refractivity contribution in [3.8, 4) is 5.88 Å². The summed E-state index contributed by atoms with van der Waals surface area (Å²) < 4.78 is 5.64. The third-order valence-electron chi connectivity index (χ3n) is 3.78. The predicted octanol–water partition coefficient (Wildman–Crippen LogP) is 4.34. The molecule has 7 heteroatoms. The molecule has 0 unspecified atom stereocenters. The van der Waals surface area contributed by atoms with E-state index in [1.165, 1.54) is 12.3 Å². The molecule has 1 aromatic carbocycles. The average Bonchev–Trinajstić information content (AvgIpc) is 3.07. The third-order valence-corrected chi connectivity index (χ3v) is 4.25. The molecule has 25 heavy (non-hydrogen) atoms. The molecule has 0 saturated carbocycles. The molecule has 1 atom stereocenters. The van der Waals surface area contributed by atoms with Crippen LogP contribution in [0.1, 0.15) is 18.9 Å². The summed E-state index contributed by atoms with van der Waals surface area (Å²) in [6, 6.07) is 9.51. The Morgan fingerprint density at radius 2 is 2.16 bits per heavy atom. The maximum Gasteiger partial charge on any atom is 0.261 e. The maximum absolute atomic E-state index is 12.4. The highest BCUT2D eigenvalue weighted by Crippen LogP contribution is 2.25. The number of ether oxygens (including phenoxy) is 1. The number of hydrogen-bond acceptors (Lipinski definition) is 3. The fourth-order valence-electron chi connectivity index (χ4n) is 2.46. The van der Waals surface area contributed by atoms with Gasteiger partial charge in [0.2, 0.25) is 5.88 Å². The van der Waals surface area contributed by atoms with Gasteiger partial charge in [-0.05, 0) is 41.6 Å². The van der Waals surface area contributed by atoms with E-state index in [9.17, 15) is 4.79 Å². The second kappa shape index (κ2) is 7.76. The number of rotatable bonds is 6. The van der Waals surface area contributed by atoms with Gasteiger partial charge in [-0.2, -0.15) is 0 Å². The van der Waals surface area contributed by atoms with Crippen molar-refractivity contribution in [3.05, 3.63) is 58.3 Å². The van der Waals surface area contributed by atoms with Crippen molar-refractivity contribution in [2.24, 2.45) is 0 Å². The van der Waals surface area contributed by atoms with Gasteiger partial charge in [-0.1, -0.05) is 36.2 Å². The first-order valence-electron chi connectivity index (χ1n) is 7.88. The number of benzene rings is 1. The van der Waals surface area contributed by atoms with Crippen LogP contribution in [0.4, 0.5) is 0 Å². The lowest BCUT2D eigenvalue weighted by molar-refractivity contribution is -0.128. The number of halogens is 2. The summed E-state index contributed by atoms with van der Waals surface area (Å²) in [6.07, 6.45) is 3.13. The Morgan fingerprint density at radius 3 is 2.92 bits per heavy atom. The van der Waals surface area contributed by atoms with Crippen molar-refractivity contribution in [1.29, 1.82) is 0 Å². The number of nitrogens with zero attached hydrogens (tertiary/aromatic N) is 1. The molecule has 0 fully saturated rings. The molecule has 0 saturated heterocycles. The normalized spacial score (nSPS) is 12.1. The fraction of sp³-hybridized carbons (Fsp3) is 0.222. The summed E-state index contributed by atoms with van der Waals surface area (Å²) in [5, 5.41) is 4.68. The Bertz CT molecular complexity index is 895. The summed E-state index contributed by atoms with van der Waals surface area (Å²) in [5.41, 5.74) is 2.08. The van der Waals surface area contributed by atoms with Gasteiger partial charge in [-0.3, -0.25) is 4.79 Å². The van der Waals surface area contributed by atoms with E-state index in [1.807, 2.05) is 37.4 Å². The number of nitrogens with one attached hydrogen (secondary N) is 2. The molecule has 5 nitrogen and oxygen atoms in total. The van der Waals surface area contributed by atoms with Crippen molar-refractivity contribution in [1.82, 2.24) is 15.3 Å². The highest BCUT2D eigenvalue weighted by molar-refractivity contribution is 6.35. The van der Waals surface area contributed by atoms with E-state index in [0.717, 1.165) is 16.5 Å². The molecule has 0 spiro atoms. The maximum atomic E-state index is 12.4. The second-order valence-corrected chi connectivity index (χ2v) is 6.42. The lowest BCUT2D eigenvalue weighted by atomic mass is 10.1. The van der Waals surface area contributed by atoms with E-state index in [0.29, 0.717) is 18.0 Å². The zero-order valence-electron chi connectivity index (χ0n) is 13.6. The number of H-pyrrole nitrogens is 1. The standard InChI is InChI=1S/C18H17Cl2N3O2/c1-2-16(25-18-14(20)8-13(19)10-23-18)17(24)22-9-11-3-4-15-12(7-11)5-6-21-15/h3-8,10,16,21H,2,9H2,1H3,(H,22,24)/t16-/m1/s1. The molecular weight excluding hydrogens is 361 g/mol. The van der Waals surface area contributed by atoms with Crippen LogP contribution in [0.15, 0.2) is 42.7 Å². The van der Waals surface area contributed by atoms with E-state index in [-0.39, 0.29) is 16.8 Å². The quantitative estimate of drug-likeness (QED) is 0.671. The number of aromatic amines is 1. The van der Waals surface area contributed by atoms with E-state index in [2.05, 4.69) is 15.3 Å². The van der Waals surface area contributed by atoms with E-state index >= 15 is 0 Å². The van der Waals surface area contributed by atoms with Crippen molar-refractivity contribution in [2.75, 3.05) is 0 Å². The Hall–Kier alpha value is -2.24. The molecule has 3 aromatic rings. The summed E-state index contributed by atoms with van der Waals surface area (Å²) >= 11 is 11.9. The monoisotopic (exact) mass is 377 g/mol. The van der Waals surface area contributed by atoms with Crippen LogP contribution in [0.5, 0.6) is 5.88 Å². The zero-order valence-corrected chi connectivity index (χ0v) is 15.1. The van der Waals surface area contributed by atoms with Crippen LogP contribution in [0.2, 0.25) is 10.0 Å². The molecule has 0 aliphatic rings. The number of carbonyl (C=O) groups is 1. The molecule has 130 valence electrons. The van der Waals surface area contributed by atoms with E-state index < -0.39 is 6.10 Å². The van der Waals surface area contributed by atoms with Gasteiger partial charge >= 0.3 is 0 Å². The topological polar surface area (TPSA) is 67.0 Å². The first kappa shape index (κ1) is 17.6. The minimum absolute atomic E-state index is 0.196. The minimum atomic E-state index is -0.679. The number of aromatic nitrogens is 2. The van der Waals surface area contributed by atoms with Gasteiger partial charge in [0.1, 0.15) is 5.02 Å². The Morgan fingerprint density at radius 1 is 1.32 bits per heavy atom. The van der Waals surface area contributed by atoms with Gasteiger partial charge in [0.05, 0.1) is 5.02 Å². The van der Waals surface area contributed by atoms with Crippen molar-refractivity contribution < 1.29 is 9.53 Å². The number of carbonyl (C=O) groups excluding carboxylic acids is 1. The molecule has 0 aliphatic carbocycles. The lowest BCUT2D eigenvalue weighted by Gasteiger charge is -2.17. The Kier molecular flexibility index (Phi) is 5.46. The first-order valence-corrected chi connectivity index (χ1v) is 8.64. The minimum Gasteiger partial charge on any atom is -0.463 e. The van der Waals surface area contributed by atoms with Crippen LogP contribution in [-0.2, 0) is 11.3 Å². The van der Waals surface area contributed by atoms with Crippen LogP contribution >= 0.6 is 23.2 Å². The fourth-order valence-corrected chi connectivity index (χ4v) is 2.89. The van der Waals surface area contributed by atoms with Gasteiger partial charge in [-0.25, -0.2) is 4.98 Å². The average molecular weight is 378 g/mol. The number of pyridine rings is 1. The molecule has 0 radical (unpaired) electrons. The number of amides is 1. The van der Waals surface area contributed by atoms with E-state index in [1.54, 1.807) is 0 Å². The molecule has 0 aliphatic heterocycles. The highest BCUT2D eigenvalue weighted by atomic mass is 35.5. The summed E-state index contributed by atoms with van der Waals surface area (Å²) in [6.45, 7) is 2.28. The van der Waals surface area contributed by atoms with Crippen LogP contribution in [-0.4, -0.2) is 22.0 Å². The largest absolute Gasteiger partial charge is 0.463 e. The Labute approximate surface area is 155 Å². The molecule has 1 amide bonds. The summed E-state index contributed by atoms with van der Waals surface area (Å²) in [4.78, 5) is 19.6.